The molecule has 5 nitrogen and oxygen atoms in total. The lowest BCUT2D eigenvalue weighted by atomic mass is 9.86. The molecule has 0 aliphatic heterocycles. The van der Waals surface area contributed by atoms with Gasteiger partial charge in [0.15, 0.2) is 5.75 Å². The normalized spacial score (nSPS) is 15.2. The molecule has 0 bridgehead atoms. The number of halogens is 2. The maximum Gasteiger partial charge on any atom is 0.306 e. The van der Waals surface area contributed by atoms with Gasteiger partial charge >= 0.3 is 5.97 Å². The summed E-state index contributed by atoms with van der Waals surface area (Å²) < 4.78 is 7.00. The summed E-state index contributed by atoms with van der Waals surface area (Å²) in [4.78, 5) is 25.3. The lowest BCUT2D eigenvalue weighted by Gasteiger charge is -2.20. The first-order valence-electron chi connectivity index (χ1n) is 10.9. The first-order chi connectivity index (χ1) is 16.4. The third-order valence-electron chi connectivity index (χ3n) is 6.47. The largest absolute Gasteiger partial charge is 0.494 e. The van der Waals surface area contributed by atoms with E-state index in [2.05, 4.69) is 0 Å². The Morgan fingerprint density at radius 2 is 1.71 bits per heavy atom. The molecule has 172 valence electrons. The maximum atomic E-state index is 13.5. The van der Waals surface area contributed by atoms with Gasteiger partial charge in [0.05, 0.1) is 28.6 Å². The zero-order valence-corrected chi connectivity index (χ0v) is 19.9. The van der Waals surface area contributed by atoms with Crippen molar-refractivity contribution in [2.24, 2.45) is 5.92 Å². The van der Waals surface area contributed by atoms with Crippen molar-refractivity contribution in [1.29, 1.82) is 0 Å². The monoisotopic (exact) mass is 493 g/mol. The summed E-state index contributed by atoms with van der Waals surface area (Å²) in [6.45, 7) is 0. The minimum Gasteiger partial charge on any atom is -0.494 e. The van der Waals surface area contributed by atoms with Crippen LogP contribution in [0.5, 0.6) is 5.75 Å². The Bertz CT molecular complexity index is 1420. The van der Waals surface area contributed by atoms with Crippen molar-refractivity contribution < 1.29 is 19.4 Å². The molecule has 3 aromatic carbocycles. The second kappa shape index (κ2) is 8.82. The van der Waals surface area contributed by atoms with Gasteiger partial charge in [0.1, 0.15) is 0 Å². The molecule has 1 atom stereocenters. The van der Waals surface area contributed by atoms with Gasteiger partial charge in [-0.05, 0) is 72.4 Å². The van der Waals surface area contributed by atoms with Crippen LogP contribution in [-0.2, 0) is 17.6 Å². The molecule has 0 amide bonds. The summed E-state index contributed by atoms with van der Waals surface area (Å²) in [6, 6.07) is 18.5. The molecule has 1 aromatic heterocycles. The number of rotatable bonds is 4. The van der Waals surface area contributed by atoms with E-state index >= 15 is 0 Å². The number of aliphatic carboxylic acids is 1. The van der Waals surface area contributed by atoms with Crippen molar-refractivity contribution in [3.05, 3.63) is 87.5 Å². The van der Waals surface area contributed by atoms with E-state index in [1.165, 1.54) is 7.11 Å². The predicted molar refractivity (Wildman–Crippen MR) is 133 cm³/mol. The van der Waals surface area contributed by atoms with E-state index in [0.717, 1.165) is 33.3 Å². The smallest absolute Gasteiger partial charge is 0.306 e. The zero-order chi connectivity index (χ0) is 24.0. The van der Waals surface area contributed by atoms with Crippen molar-refractivity contribution in [3.8, 4) is 16.9 Å². The molecule has 5 rings (SSSR count). The van der Waals surface area contributed by atoms with E-state index in [1.807, 2.05) is 36.4 Å². The fraction of sp³-hybridized carbons (Fsp3) is 0.185. The fourth-order valence-corrected chi connectivity index (χ4v) is 5.45. The Balaban J connectivity index is 1.71. The Morgan fingerprint density at radius 1 is 1.00 bits per heavy atom. The number of nitrogens with zero attached hydrogens (tertiary/aromatic N) is 1. The van der Waals surface area contributed by atoms with Gasteiger partial charge in [-0.1, -0.05) is 47.5 Å². The van der Waals surface area contributed by atoms with E-state index in [0.29, 0.717) is 40.6 Å². The molecule has 34 heavy (non-hydrogen) atoms. The average Bonchev–Trinajstić information content (AvgIpc) is 3.16. The van der Waals surface area contributed by atoms with Gasteiger partial charge in [-0.25, -0.2) is 0 Å². The predicted octanol–water partition coefficient (Wildman–Crippen LogP) is 6.50. The first kappa shape index (κ1) is 22.5. The molecule has 1 aliphatic rings. The molecule has 1 heterocycles. The number of carbonyl (C=O) groups is 2. The van der Waals surface area contributed by atoms with Gasteiger partial charge in [0.2, 0.25) is 0 Å². The molecule has 0 spiro atoms. The van der Waals surface area contributed by atoms with Crippen LogP contribution in [-0.4, -0.2) is 28.7 Å². The number of ether oxygens (including phenoxy) is 1. The summed E-state index contributed by atoms with van der Waals surface area (Å²) in [5.74, 6) is -1.00. The number of hydrogen-bond acceptors (Lipinski definition) is 3. The Morgan fingerprint density at radius 3 is 2.35 bits per heavy atom. The Hall–Kier alpha value is -3.28. The van der Waals surface area contributed by atoms with Crippen LogP contribution in [0.1, 0.15) is 28.0 Å². The second-order valence-electron chi connectivity index (χ2n) is 8.41. The van der Waals surface area contributed by atoms with Crippen molar-refractivity contribution in [1.82, 2.24) is 4.57 Å². The lowest BCUT2D eigenvalue weighted by Crippen LogP contribution is -2.24. The minimum absolute atomic E-state index is 0.121. The second-order valence-corrected chi connectivity index (χ2v) is 9.23. The molecule has 0 fully saturated rings. The topological polar surface area (TPSA) is 68.5 Å². The van der Waals surface area contributed by atoms with Gasteiger partial charge in [0.25, 0.3) is 5.91 Å². The SMILES string of the molecule is COc1c(Cl)cc(-c2ccc3c(c2)c2c(n3C(=O)c3ccccc3)CCC(C(=O)O)C2)cc1Cl. The maximum absolute atomic E-state index is 13.5. The van der Waals surface area contributed by atoms with Crippen molar-refractivity contribution in [3.63, 3.8) is 0 Å². The molecule has 4 aromatic rings. The number of carboxylic acid groups (broad SMARTS) is 1. The molecule has 0 radical (unpaired) electrons. The van der Waals surface area contributed by atoms with Gasteiger partial charge < -0.3 is 9.84 Å². The molecule has 1 unspecified atom stereocenters. The third-order valence-corrected chi connectivity index (χ3v) is 7.03. The van der Waals surface area contributed by atoms with Gasteiger partial charge in [-0.2, -0.15) is 0 Å². The van der Waals surface area contributed by atoms with E-state index in [9.17, 15) is 14.7 Å². The van der Waals surface area contributed by atoms with Crippen LogP contribution in [0.25, 0.3) is 22.0 Å². The van der Waals surface area contributed by atoms with Crippen LogP contribution in [0.2, 0.25) is 10.0 Å². The van der Waals surface area contributed by atoms with E-state index in [4.69, 9.17) is 27.9 Å². The molecule has 1 aliphatic carbocycles. The number of hydrogen-bond donors (Lipinski definition) is 1. The molecule has 7 heteroatoms. The van der Waals surface area contributed by atoms with Crippen molar-refractivity contribution in [2.75, 3.05) is 7.11 Å². The van der Waals surface area contributed by atoms with Gasteiger partial charge in [0, 0.05) is 16.6 Å². The number of methoxy groups -OCH3 is 1. The van der Waals surface area contributed by atoms with Crippen LogP contribution in [0.3, 0.4) is 0 Å². The van der Waals surface area contributed by atoms with Crippen LogP contribution in [0.4, 0.5) is 0 Å². The fourth-order valence-electron chi connectivity index (χ4n) is 4.81. The number of fused-ring (bicyclic) bond motifs is 3. The summed E-state index contributed by atoms with van der Waals surface area (Å²) in [7, 11) is 1.51. The summed E-state index contributed by atoms with van der Waals surface area (Å²) in [6.07, 6.45) is 1.40. The average molecular weight is 494 g/mol. The number of aromatic nitrogens is 1. The van der Waals surface area contributed by atoms with E-state index in [-0.39, 0.29) is 5.91 Å². The molecular weight excluding hydrogens is 473 g/mol. The summed E-state index contributed by atoms with van der Waals surface area (Å²) in [5.41, 5.74) is 4.80. The van der Waals surface area contributed by atoms with Crippen LogP contribution in [0, 0.1) is 5.92 Å². The number of carbonyl (C=O) groups excluding carboxylic acids is 1. The first-order valence-corrected chi connectivity index (χ1v) is 11.7. The Labute approximate surface area is 206 Å². The highest BCUT2D eigenvalue weighted by molar-refractivity contribution is 6.37. The van der Waals surface area contributed by atoms with Gasteiger partial charge in [-0.3, -0.25) is 14.2 Å². The third kappa shape index (κ3) is 3.75. The Kier molecular flexibility index (Phi) is 5.84. The molecule has 0 saturated carbocycles. The molecular formula is C27H21Cl2NO4. The summed E-state index contributed by atoms with van der Waals surface area (Å²) >= 11 is 12.7. The highest BCUT2D eigenvalue weighted by atomic mass is 35.5. The van der Waals surface area contributed by atoms with Crippen LogP contribution < -0.4 is 4.74 Å². The van der Waals surface area contributed by atoms with Crippen LogP contribution in [0.15, 0.2) is 60.7 Å². The molecule has 1 N–H and O–H groups in total. The minimum atomic E-state index is -0.814. The quantitative estimate of drug-likeness (QED) is 0.352. The highest BCUT2D eigenvalue weighted by Gasteiger charge is 2.31. The standard InChI is InChI=1S/C27H21Cl2NO4/c1-34-25-21(28)13-18(14-22(25)29)16-7-9-23-19(11-16)20-12-17(27(32)33)8-10-24(20)30(23)26(31)15-5-3-2-4-6-15/h2-7,9,11,13-14,17H,8,10,12H2,1H3,(H,32,33). The van der Waals surface area contributed by atoms with E-state index < -0.39 is 11.9 Å². The summed E-state index contributed by atoms with van der Waals surface area (Å²) in [5, 5.41) is 11.3. The van der Waals surface area contributed by atoms with Crippen LogP contribution >= 0.6 is 23.2 Å². The highest BCUT2D eigenvalue weighted by Crippen LogP contribution is 2.40. The van der Waals surface area contributed by atoms with E-state index in [1.54, 1.807) is 28.8 Å². The zero-order valence-electron chi connectivity index (χ0n) is 18.3. The lowest BCUT2D eigenvalue weighted by molar-refractivity contribution is -0.142. The van der Waals surface area contributed by atoms with Crippen molar-refractivity contribution >= 4 is 46.0 Å². The molecule has 0 saturated heterocycles. The van der Waals surface area contributed by atoms with Gasteiger partial charge in [-0.15, -0.1) is 0 Å². The number of benzene rings is 3. The van der Waals surface area contributed by atoms with Crippen molar-refractivity contribution in [2.45, 2.75) is 19.3 Å². The number of carboxylic acids is 1.